The van der Waals surface area contributed by atoms with Gasteiger partial charge >= 0.3 is 5.97 Å². The lowest BCUT2D eigenvalue weighted by molar-refractivity contribution is -0.137. The Bertz CT molecular complexity index is 920. The van der Waals surface area contributed by atoms with Crippen molar-refractivity contribution in [1.29, 1.82) is 0 Å². The summed E-state index contributed by atoms with van der Waals surface area (Å²) in [5.74, 6) is -2.97. The minimum absolute atomic E-state index is 0.0714. The number of rotatable bonds is 6. The summed E-state index contributed by atoms with van der Waals surface area (Å²) < 4.78 is 5.38. The molecule has 0 bridgehead atoms. The molecule has 27 heavy (non-hydrogen) atoms. The highest BCUT2D eigenvalue weighted by Gasteiger charge is 2.36. The van der Waals surface area contributed by atoms with Gasteiger partial charge in [0.2, 0.25) is 0 Å². The van der Waals surface area contributed by atoms with E-state index in [0.717, 1.165) is 0 Å². The molecule has 0 aromatic heterocycles. The van der Waals surface area contributed by atoms with Crippen LogP contribution in [-0.2, 0) is 21.0 Å². The van der Waals surface area contributed by atoms with Gasteiger partial charge in [-0.15, -0.1) is 5.06 Å². The van der Waals surface area contributed by atoms with Crippen LogP contribution >= 0.6 is 15.9 Å². The van der Waals surface area contributed by atoms with Crippen LogP contribution in [0.1, 0.15) is 43.6 Å². The van der Waals surface area contributed by atoms with Gasteiger partial charge < -0.3 is 4.74 Å². The van der Waals surface area contributed by atoms with Crippen LogP contribution in [0.4, 0.5) is 0 Å². The summed E-state index contributed by atoms with van der Waals surface area (Å²) in [4.78, 5) is 54.1. The molecule has 8 heteroatoms. The van der Waals surface area contributed by atoms with E-state index in [4.69, 9.17) is 9.57 Å². The third kappa shape index (κ3) is 3.67. The van der Waals surface area contributed by atoms with Crippen LogP contribution in [0.2, 0.25) is 0 Å². The Morgan fingerprint density at radius 2 is 1.67 bits per heavy atom. The van der Waals surface area contributed by atoms with E-state index in [9.17, 15) is 19.2 Å². The third-order valence-corrected chi connectivity index (χ3v) is 4.37. The molecule has 1 aliphatic heterocycles. The van der Waals surface area contributed by atoms with Crippen molar-refractivity contribution < 1.29 is 28.8 Å². The van der Waals surface area contributed by atoms with Gasteiger partial charge in [0.15, 0.2) is 0 Å². The van der Waals surface area contributed by atoms with E-state index >= 15 is 0 Å². The monoisotopic (exact) mass is 431 g/mol. The average Bonchev–Trinajstić information content (AvgIpc) is 2.90. The lowest BCUT2D eigenvalue weighted by Crippen LogP contribution is -2.30. The molecule has 3 rings (SSSR count). The van der Waals surface area contributed by atoms with Gasteiger partial charge in [-0.25, -0.2) is 4.79 Å². The van der Waals surface area contributed by atoms with Crippen molar-refractivity contribution in [3.8, 4) is 0 Å². The maximum absolute atomic E-state index is 12.3. The first kappa shape index (κ1) is 18.9. The minimum atomic E-state index is -0.984. The summed E-state index contributed by atoms with van der Waals surface area (Å²) in [6, 6.07) is 11.0. The van der Waals surface area contributed by atoms with Crippen LogP contribution in [0.15, 0.2) is 46.9 Å². The summed E-state index contributed by atoms with van der Waals surface area (Å²) >= 11 is 3.28. The smallest absolute Gasteiger partial charge is 0.379 e. The average molecular weight is 432 g/mol. The van der Waals surface area contributed by atoms with Crippen LogP contribution in [0.3, 0.4) is 0 Å². The van der Waals surface area contributed by atoms with Gasteiger partial charge in [0.1, 0.15) is 6.61 Å². The molecule has 0 aliphatic carbocycles. The second kappa shape index (κ2) is 7.81. The Labute approximate surface area is 162 Å². The van der Waals surface area contributed by atoms with Crippen LogP contribution in [0, 0.1) is 0 Å². The highest BCUT2D eigenvalue weighted by molar-refractivity contribution is 9.10. The first-order valence-corrected chi connectivity index (χ1v) is 8.84. The number of esters is 1. The maximum Gasteiger partial charge on any atom is 0.379 e. The molecule has 0 saturated heterocycles. The van der Waals surface area contributed by atoms with Crippen molar-refractivity contribution in [1.82, 2.24) is 5.06 Å². The van der Waals surface area contributed by atoms with Crippen LogP contribution < -0.4 is 0 Å². The molecule has 2 aromatic rings. The molecule has 2 amide bonds. The first-order valence-electron chi connectivity index (χ1n) is 8.04. The zero-order valence-electron chi connectivity index (χ0n) is 14.2. The predicted octanol–water partition coefficient (Wildman–Crippen LogP) is 2.92. The topological polar surface area (TPSA) is 90.0 Å². The fourth-order valence-corrected chi connectivity index (χ4v) is 3.04. The molecule has 0 saturated carbocycles. The van der Waals surface area contributed by atoms with Crippen molar-refractivity contribution in [2.24, 2.45) is 0 Å². The quantitative estimate of drug-likeness (QED) is 0.302. The fraction of sp³-hybridized carbons (Fsp3) is 0.158. The van der Waals surface area contributed by atoms with Crippen molar-refractivity contribution in [2.45, 2.75) is 13.5 Å². The summed E-state index contributed by atoms with van der Waals surface area (Å²) in [6.07, 6.45) is 0. The van der Waals surface area contributed by atoms with E-state index in [-0.39, 0.29) is 29.9 Å². The third-order valence-electron chi connectivity index (χ3n) is 3.88. The lowest BCUT2D eigenvalue weighted by atomic mass is 10.0. The first-order chi connectivity index (χ1) is 12.9. The second-order valence-corrected chi connectivity index (χ2v) is 6.49. The molecule has 2 aromatic carbocycles. The number of carbonyl (C=O) groups is 4. The summed E-state index contributed by atoms with van der Waals surface area (Å²) in [5, 5.41) is 0.657. The molecule has 1 aliphatic rings. The number of halogens is 1. The van der Waals surface area contributed by atoms with Crippen LogP contribution in [0.5, 0.6) is 0 Å². The van der Waals surface area contributed by atoms with Crippen molar-refractivity contribution in [3.05, 3.63) is 69.2 Å². The molecule has 0 N–H and O–H groups in total. The molecule has 0 atom stereocenters. The number of hydrogen-bond donors (Lipinski definition) is 0. The standard InChI is InChI=1S/C19H14BrNO6/c1-2-26-19(25)16(22)13-8-7-12(20)9-11(13)10-27-21-17(23)14-5-3-4-6-15(14)18(21)24/h3-9H,2,10H2,1H3. The fourth-order valence-electron chi connectivity index (χ4n) is 2.63. The number of Topliss-reactive ketones (excluding diaryl/α,β-unsaturated/α-hetero) is 1. The Balaban J connectivity index is 1.82. The molecule has 0 unspecified atom stereocenters. The Morgan fingerprint density at radius 1 is 1.04 bits per heavy atom. The maximum atomic E-state index is 12.3. The Kier molecular flexibility index (Phi) is 5.48. The van der Waals surface area contributed by atoms with E-state index in [0.29, 0.717) is 15.1 Å². The van der Waals surface area contributed by atoms with Crippen molar-refractivity contribution in [2.75, 3.05) is 6.61 Å². The minimum Gasteiger partial charge on any atom is -0.460 e. The second-order valence-electron chi connectivity index (χ2n) is 5.57. The van der Waals surface area contributed by atoms with Crippen LogP contribution in [-0.4, -0.2) is 35.2 Å². The normalized spacial score (nSPS) is 12.9. The molecular weight excluding hydrogens is 418 g/mol. The van der Waals surface area contributed by atoms with Gasteiger partial charge in [-0.3, -0.25) is 19.2 Å². The number of hydroxylamine groups is 2. The molecule has 7 nitrogen and oxygen atoms in total. The number of hydrogen-bond acceptors (Lipinski definition) is 6. The molecule has 138 valence electrons. The summed E-state index contributed by atoms with van der Waals surface area (Å²) in [5.41, 5.74) is 0.909. The number of nitrogens with zero attached hydrogens (tertiary/aromatic N) is 1. The number of amides is 2. The number of carbonyl (C=O) groups excluding carboxylic acids is 4. The SMILES string of the molecule is CCOC(=O)C(=O)c1ccc(Br)cc1CON1C(=O)c2ccccc2C1=O. The lowest BCUT2D eigenvalue weighted by Gasteiger charge is -2.15. The largest absolute Gasteiger partial charge is 0.460 e. The number of benzene rings is 2. The molecule has 0 radical (unpaired) electrons. The highest BCUT2D eigenvalue weighted by atomic mass is 79.9. The predicted molar refractivity (Wildman–Crippen MR) is 96.8 cm³/mol. The molecule has 1 heterocycles. The molecule has 0 spiro atoms. The van der Waals surface area contributed by atoms with E-state index in [2.05, 4.69) is 15.9 Å². The Hall–Kier alpha value is -2.84. The van der Waals surface area contributed by atoms with Gasteiger partial charge in [0, 0.05) is 10.0 Å². The summed E-state index contributed by atoms with van der Waals surface area (Å²) in [6.45, 7) is 1.41. The van der Waals surface area contributed by atoms with Gasteiger partial charge in [-0.1, -0.05) is 28.1 Å². The van der Waals surface area contributed by atoms with E-state index in [1.54, 1.807) is 31.2 Å². The van der Waals surface area contributed by atoms with Crippen LogP contribution in [0.25, 0.3) is 0 Å². The summed E-state index contributed by atoms with van der Waals surface area (Å²) in [7, 11) is 0. The molecular formula is C19H14BrNO6. The van der Waals surface area contributed by atoms with Crippen molar-refractivity contribution in [3.63, 3.8) is 0 Å². The van der Waals surface area contributed by atoms with Crippen molar-refractivity contribution >= 4 is 39.5 Å². The van der Waals surface area contributed by atoms with Gasteiger partial charge in [-0.2, -0.15) is 0 Å². The van der Waals surface area contributed by atoms with Gasteiger partial charge in [-0.05, 0) is 42.8 Å². The zero-order chi connectivity index (χ0) is 19.6. The zero-order valence-corrected chi connectivity index (χ0v) is 15.8. The van der Waals surface area contributed by atoms with Gasteiger partial charge in [0.05, 0.1) is 17.7 Å². The van der Waals surface area contributed by atoms with E-state index in [1.165, 1.54) is 18.2 Å². The number of ether oxygens (including phenoxy) is 1. The molecule has 0 fully saturated rings. The van der Waals surface area contributed by atoms with Gasteiger partial charge in [0.25, 0.3) is 17.6 Å². The highest BCUT2D eigenvalue weighted by Crippen LogP contribution is 2.25. The Morgan fingerprint density at radius 3 is 2.26 bits per heavy atom. The van der Waals surface area contributed by atoms with E-state index < -0.39 is 23.6 Å². The van der Waals surface area contributed by atoms with E-state index in [1.807, 2.05) is 0 Å². The number of fused-ring (bicyclic) bond motifs is 1. The number of imide groups is 1. The number of ketones is 1.